The Morgan fingerprint density at radius 3 is 2.54 bits per heavy atom. The maximum Gasteiger partial charge on any atom is 0.307 e. The van der Waals surface area contributed by atoms with Crippen LogP contribution in [0.5, 0.6) is 5.88 Å². The monoisotopic (exact) mass is 383 g/mol. The van der Waals surface area contributed by atoms with Crippen molar-refractivity contribution in [1.29, 1.82) is 0 Å². The van der Waals surface area contributed by atoms with E-state index in [4.69, 9.17) is 9.84 Å². The molecule has 6 heteroatoms. The minimum Gasteiger partial charge on any atom is -0.481 e. The van der Waals surface area contributed by atoms with Crippen molar-refractivity contribution >= 4 is 5.97 Å². The molecule has 4 nitrogen and oxygen atoms in total. The number of aryl methyl sites for hydroxylation is 1. The second-order valence-corrected chi connectivity index (χ2v) is 6.53. The highest BCUT2D eigenvalue weighted by atomic mass is 19.1. The fraction of sp³-hybridized carbons (Fsp3) is 0.182. The number of hydrogen-bond donors (Lipinski definition) is 1. The molecule has 0 atom stereocenters. The third-order valence-corrected chi connectivity index (χ3v) is 4.39. The predicted octanol–water partition coefficient (Wildman–Crippen LogP) is 4.85. The third kappa shape index (κ3) is 4.34. The van der Waals surface area contributed by atoms with Crippen LogP contribution >= 0.6 is 0 Å². The van der Waals surface area contributed by atoms with Crippen molar-refractivity contribution in [2.75, 3.05) is 0 Å². The summed E-state index contributed by atoms with van der Waals surface area (Å²) in [5.41, 5.74) is 2.70. The number of carbonyl (C=O) groups is 1. The van der Waals surface area contributed by atoms with Crippen LogP contribution < -0.4 is 4.74 Å². The predicted molar refractivity (Wildman–Crippen MR) is 101 cm³/mol. The lowest BCUT2D eigenvalue weighted by Gasteiger charge is -2.11. The quantitative estimate of drug-likeness (QED) is 0.661. The summed E-state index contributed by atoms with van der Waals surface area (Å²) in [5, 5.41) is 8.87. The Morgan fingerprint density at radius 2 is 1.82 bits per heavy atom. The molecule has 28 heavy (non-hydrogen) atoms. The highest BCUT2D eigenvalue weighted by Crippen LogP contribution is 2.27. The van der Waals surface area contributed by atoms with Crippen LogP contribution in [0.15, 0.2) is 48.5 Å². The lowest BCUT2D eigenvalue weighted by molar-refractivity contribution is -0.136. The summed E-state index contributed by atoms with van der Waals surface area (Å²) >= 11 is 0. The van der Waals surface area contributed by atoms with Crippen molar-refractivity contribution in [2.24, 2.45) is 0 Å². The van der Waals surface area contributed by atoms with Crippen molar-refractivity contribution in [3.8, 4) is 17.1 Å². The number of halogens is 2. The Kier molecular flexibility index (Phi) is 5.68. The van der Waals surface area contributed by atoms with Gasteiger partial charge in [0.2, 0.25) is 5.88 Å². The average Bonchev–Trinajstić information content (AvgIpc) is 2.65. The first-order valence-electron chi connectivity index (χ1n) is 8.70. The molecule has 0 aliphatic heterocycles. The zero-order chi connectivity index (χ0) is 20.3. The van der Waals surface area contributed by atoms with Crippen LogP contribution in [0.3, 0.4) is 0 Å². The van der Waals surface area contributed by atoms with Crippen molar-refractivity contribution in [3.63, 3.8) is 0 Å². The zero-order valence-electron chi connectivity index (χ0n) is 15.5. The number of carboxylic acid groups (broad SMARTS) is 1. The molecule has 0 saturated heterocycles. The van der Waals surface area contributed by atoms with Gasteiger partial charge in [-0.05, 0) is 42.7 Å². The number of benzene rings is 2. The Hall–Kier alpha value is -3.28. The van der Waals surface area contributed by atoms with E-state index in [-0.39, 0.29) is 30.3 Å². The Balaban J connectivity index is 1.83. The molecule has 2 aromatic carbocycles. The van der Waals surface area contributed by atoms with Crippen LogP contribution in [-0.4, -0.2) is 16.1 Å². The van der Waals surface area contributed by atoms with E-state index in [9.17, 15) is 13.6 Å². The molecule has 0 aliphatic carbocycles. The van der Waals surface area contributed by atoms with E-state index < -0.39 is 11.8 Å². The first-order chi connectivity index (χ1) is 13.3. The van der Waals surface area contributed by atoms with Gasteiger partial charge < -0.3 is 9.84 Å². The number of hydrogen-bond acceptors (Lipinski definition) is 3. The largest absolute Gasteiger partial charge is 0.481 e. The van der Waals surface area contributed by atoms with E-state index in [1.165, 1.54) is 12.1 Å². The SMILES string of the molecule is Cc1ccc(COc2cccc(-c3ccc(CC(=O)O)c(F)c3C)n2)c(F)c1. The maximum absolute atomic E-state index is 14.5. The average molecular weight is 383 g/mol. The number of nitrogens with zero attached hydrogens (tertiary/aromatic N) is 1. The molecule has 3 rings (SSSR count). The molecule has 1 heterocycles. The topological polar surface area (TPSA) is 59.4 Å². The third-order valence-electron chi connectivity index (χ3n) is 4.39. The van der Waals surface area contributed by atoms with Crippen molar-refractivity contribution in [2.45, 2.75) is 26.9 Å². The molecule has 0 bridgehead atoms. The normalized spacial score (nSPS) is 10.7. The molecule has 0 fully saturated rings. The fourth-order valence-corrected chi connectivity index (χ4v) is 2.88. The number of aliphatic carboxylic acids is 1. The van der Waals surface area contributed by atoms with Crippen molar-refractivity contribution < 1.29 is 23.4 Å². The van der Waals surface area contributed by atoms with E-state index >= 15 is 0 Å². The summed E-state index contributed by atoms with van der Waals surface area (Å²) in [7, 11) is 0. The van der Waals surface area contributed by atoms with E-state index in [0.717, 1.165) is 5.56 Å². The molecule has 3 aromatic rings. The van der Waals surface area contributed by atoms with Gasteiger partial charge in [0.1, 0.15) is 18.2 Å². The molecule has 1 N–H and O–H groups in total. The summed E-state index contributed by atoms with van der Waals surface area (Å²) in [4.78, 5) is 15.2. The number of pyridine rings is 1. The van der Waals surface area contributed by atoms with Crippen LogP contribution in [-0.2, 0) is 17.8 Å². The molecule has 0 radical (unpaired) electrons. The van der Waals surface area contributed by atoms with Crippen molar-refractivity contribution in [3.05, 3.63) is 82.4 Å². The zero-order valence-corrected chi connectivity index (χ0v) is 15.5. The number of aromatic nitrogens is 1. The van der Waals surface area contributed by atoms with Gasteiger partial charge in [-0.2, -0.15) is 0 Å². The molecule has 144 valence electrons. The standard InChI is InChI=1S/C22H19F2NO3/c1-13-6-7-16(18(23)10-13)12-28-20-5-3-4-19(25-20)17-9-8-15(11-21(26)27)22(24)14(17)2/h3-10H,11-12H2,1-2H3,(H,26,27). The molecule has 1 aromatic heterocycles. The van der Waals surface area contributed by atoms with E-state index in [1.807, 2.05) is 6.92 Å². The molecule has 0 spiro atoms. The summed E-state index contributed by atoms with van der Waals surface area (Å²) < 4.78 is 34.0. The number of carboxylic acids is 1. The van der Waals surface area contributed by atoms with Gasteiger partial charge in [-0.1, -0.05) is 30.3 Å². The minimum atomic E-state index is -1.09. The number of rotatable bonds is 6. The van der Waals surface area contributed by atoms with Gasteiger partial charge in [-0.15, -0.1) is 0 Å². The second kappa shape index (κ2) is 8.17. The summed E-state index contributed by atoms with van der Waals surface area (Å²) in [6, 6.07) is 13.0. The highest BCUT2D eigenvalue weighted by molar-refractivity contribution is 5.72. The van der Waals surface area contributed by atoms with Gasteiger partial charge in [0, 0.05) is 17.2 Å². The van der Waals surface area contributed by atoms with E-state index in [0.29, 0.717) is 22.4 Å². The van der Waals surface area contributed by atoms with Gasteiger partial charge in [-0.3, -0.25) is 4.79 Å². The van der Waals surface area contributed by atoms with Gasteiger partial charge in [-0.25, -0.2) is 13.8 Å². The van der Waals surface area contributed by atoms with E-state index in [1.54, 1.807) is 43.3 Å². The highest BCUT2D eigenvalue weighted by Gasteiger charge is 2.15. The second-order valence-electron chi connectivity index (χ2n) is 6.53. The van der Waals surface area contributed by atoms with Crippen LogP contribution in [0.25, 0.3) is 11.3 Å². The lowest BCUT2D eigenvalue weighted by Crippen LogP contribution is -2.05. The van der Waals surface area contributed by atoms with E-state index in [2.05, 4.69) is 4.98 Å². The van der Waals surface area contributed by atoms with Gasteiger partial charge in [0.05, 0.1) is 12.1 Å². The molecule has 0 unspecified atom stereocenters. The van der Waals surface area contributed by atoms with Crippen LogP contribution in [0.4, 0.5) is 8.78 Å². The Morgan fingerprint density at radius 1 is 1.07 bits per heavy atom. The molecule has 0 saturated carbocycles. The Labute approximate surface area is 161 Å². The summed E-state index contributed by atoms with van der Waals surface area (Å²) in [6.45, 7) is 3.41. The molecule has 0 aliphatic rings. The van der Waals surface area contributed by atoms with Gasteiger partial charge >= 0.3 is 5.97 Å². The Bertz CT molecular complexity index is 1030. The minimum absolute atomic E-state index is 0.0213. The smallest absolute Gasteiger partial charge is 0.307 e. The van der Waals surface area contributed by atoms with Crippen LogP contribution in [0.1, 0.15) is 22.3 Å². The van der Waals surface area contributed by atoms with Crippen LogP contribution in [0.2, 0.25) is 0 Å². The van der Waals surface area contributed by atoms with Crippen molar-refractivity contribution in [1.82, 2.24) is 4.98 Å². The van der Waals surface area contributed by atoms with Crippen LogP contribution in [0, 0.1) is 25.5 Å². The number of ether oxygens (including phenoxy) is 1. The molecule has 0 amide bonds. The lowest BCUT2D eigenvalue weighted by atomic mass is 9.99. The fourth-order valence-electron chi connectivity index (χ4n) is 2.88. The maximum atomic E-state index is 14.5. The molecular formula is C22H19F2NO3. The first-order valence-corrected chi connectivity index (χ1v) is 8.70. The summed E-state index contributed by atoms with van der Waals surface area (Å²) in [5.74, 6) is -1.72. The first kappa shape index (κ1) is 19.5. The molecular weight excluding hydrogens is 364 g/mol. The van der Waals surface area contributed by atoms with Gasteiger partial charge in [0.25, 0.3) is 0 Å². The van der Waals surface area contributed by atoms with Gasteiger partial charge in [0.15, 0.2) is 0 Å². The summed E-state index contributed by atoms with van der Waals surface area (Å²) in [6.07, 6.45) is -0.383.